The maximum Gasteiger partial charge on any atom is 0.238 e. The molecule has 150 valence electrons. The average molecular weight is 406 g/mol. The fourth-order valence-electron chi connectivity index (χ4n) is 3.19. The number of hydrogen-bond donors (Lipinski definition) is 2. The predicted molar refractivity (Wildman–Crippen MR) is 106 cm³/mol. The summed E-state index contributed by atoms with van der Waals surface area (Å²) in [6.45, 7) is 3.24. The van der Waals surface area contributed by atoms with Gasteiger partial charge in [0.05, 0.1) is 11.4 Å². The van der Waals surface area contributed by atoms with Crippen molar-refractivity contribution in [3.05, 3.63) is 54.3 Å². The third-order valence-electron chi connectivity index (χ3n) is 4.59. The van der Waals surface area contributed by atoms with Gasteiger partial charge in [0.15, 0.2) is 0 Å². The largest absolute Gasteiger partial charge is 0.370 e. The van der Waals surface area contributed by atoms with Crippen molar-refractivity contribution in [1.82, 2.24) is 4.90 Å². The van der Waals surface area contributed by atoms with Crippen LogP contribution in [-0.2, 0) is 14.8 Å². The van der Waals surface area contributed by atoms with Crippen molar-refractivity contribution >= 4 is 27.3 Å². The first-order valence-corrected chi connectivity index (χ1v) is 10.5. The van der Waals surface area contributed by atoms with Gasteiger partial charge in [-0.3, -0.25) is 9.69 Å². The number of nitrogens with two attached hydrogens (primary N) is 1. The summed E-state index contributed by atoms with van der Waals surface area (Å²) in [5.74, 6) is -0.481. The van der Waals surface area contributed by atoms with E-state index in [1.807, 2.05) is 4.90 Å². The highest BCUT2D eigenvalue weighted by Gasteiger charge is 2.18. The summed E-state index contributed by atoms with van der Waals surface area (Å²) in [6, 6.07) is 12.3. The van der Waals surface area contributed by atoms with E-state index in [4.69, 9.17) is 5.14 Å². The lowest BCUT2D eigenvalue weighted by Gasteiger charge is -2.23. The molecule has 0 aromatic heterocycles. The van der Waals surface area contributed by atoms with Gasteiger partial charge in [-0.2, -0.15) is 0 Å². The third kappa shape index (κ3) is 5.51. The van der Waals surface area contributed by atoms with Crippen molar-refractivity contribution in [2.75, 3.05) is 42.9 Å². The van der Waals surface area contributed by atoms with Crippen molar-refractivity contribution in [2.45, 2.75) is 11.3 Å². The molecule has 1 saturated heterocycles. The maximum atomic E-state index is 13.1. The number of nitrogens with zero attached hydrogens (tertiary/aromatic N) is 2. The number of rotatable bonds is 5. The van der Waals surface area contributed by atoms with Crippen LogP contribution in [0.25, 0.3) is 0 Å². The molecule has 0 saturated carbocycles. The topological polar surface area (TPSA) is 95.7 Å². The zero-order chi connectivity index (χ0) is 20.1. The summed E-state index contributed by atoms with van der Waals surface area (Å²) in [7, 11) is -3.82. The van der Waals surface area contributed by atoms with Crippen LogP contribution < -0.4 is 15.4 Å². The molecule has 3 rings (SSSR count). The second-order valence-corrected chi connectivity index (χ2v) is 8.28. The highest BCUT2D eigenvalue weighted by molar-refractivity contribution is 7.89. The number of sulfonamides is 1. The van der Waals surface area contributed by atoms with Gasteiger partial charge in [0.2, 0.25) is 15.9 Å². The van der Waals surface area contributed by atoms with Gasteiger partial charge in [0.25, 0.3) is 0 Å². The van der Waals surface area contributed by atoms with Gasteiger partial charge in [0, 0.05) is 37.6 Å². The number of carbonyl (C=O) groups is 1. The van der Waals surface area contributed by atoms with Crippen LogP contribution in [0.15, 0.2) is 53.4 Å². The molecule has 1 aliphatic heterocycles. The Morgan fingerprint density at radius 3 is 2.54 bits per heavy atom. The van der Waals surface area contributed by atoms with Crippen molar-refractivity contribution in [3.8, 4) is 0 Å². The lowest BCUT2D eigenvalue weighted by atomic mass is 10.2. The van der Waals surface area contributed by atoms with Crippen LogP contribution in [0.4, 0.5) is 15.8 Å². The van der Waals surface area contributed by atoms with E-state index in [0.717, 1.165) is 31.7 Å². The summed E-state index contributed by atoms with van der Waals surface area (Å²) in [4.78, 5) is 16.5. The Morgan fingerprint density at radius 2 is 1.82 bits per heavy atom. The van der Waals surface area contributed by atoms with Crippen LogP contribution >= 0.6 is 0 Å². The molecule has 2 aromatic rings. The number of halogens is 1. The summed E-state index contributed by atoms with van der Waals surface area (Å²) >= 11 is 0. The smallest absolute Gasteiger partial charge is 0.238 e. The molecule has 0 spiro atoms. The molecular weight excluding hydrogens is 383 g/mol. The number of nitrogens with one attached hydrogen (secondary N) is 1. The van der Waals surface area contributed by atoms with E-state index in [1.54, 1.807) is 18.2 Å². The first-order chi connectivity index (χ1) is 13.3. The van der Waals surface area contributed by atoms with E-state index in [9.17, 15) is 17.6 Å². The number of anilines is 2. The lowest BCUT2D eigenvalue weighted by Crippen LogP contribution is -2.36. The maximum absolute atomic E-state index is 13.1. The Kier molecular flexibility index (Phi) is 6.28. The Morgan fingerprint density at radius 1 is 1.07 bits per heavy atom. The number of carbonyl (C=O) groups excluding carboxylic acids is 1. The third-order valence-corrected chi connectivity index (χ3v) is 5.50. The number of amides is 1. The van der Waals surface area contributed by atoms with E-state index in [-0.39, 0.29) is 23.2 Å². The second-order valence-electron chi connectivity index (χ2n) is 6.71. The van der Waals surface area contributed by atoms with Crippen molar-refractivity contribution in [1.29, 1.82) is 0 Å². The van der Waals surface area contributed by atoms with Gasteiger partial charge in [-0.05, 0) is 48.9 Å². The molecule has 28 heavy (non-hydrogen) atoms. The van der Waals surface area contributed by atoms with Crippen LogP contribution in [0.5, 0.6) is 0 Å². The normalized spacial score (nSPS) is 15.9. The highest BCUT2D eigenvalue weighted by Crippen LogP contribution is 2.17. The molecule has 1 amide bonds. The van der Waals surface area contributed by atoms with E-state index in [0.29, 0.717) is 12.2 Å². The van der Waals surface area contributed by atoms with Gasteiger partial charge in [-0.15, -0.1) is 0 Å². The molecule has 7 nitrogen and oxygen atoms in total. The zero-order valence-electron chi connectivity index (χ0n) is 15.3. The molecule has 1 aliphatic rings. The van der Waals surface area contributed by atoms with Crippen LogP contribution in [0, 0.1) is 5.82 Å². The first kappa shape index (κ1) is 20.2. The fraction of sp³-hybridized carbons (Fsp3) is 0.316. The minimum absolute atomic E-state index is 0.0463. The summed E-state index contributed by atoms with van der Waals surface area (Å²) in [5, 5.41) is 7.83. The Bertz CT molecular complexity index is 934. The Hall–Kier alpha value is -2.49. The molecule has 1 fully saturated rings. The molecule has 0 bridgehead atoms. The molecule has 0 atom stereocenters. The second kappa shape index (κ2) is 8.68. The van der Waals surface area contributed by atoms with Gasteiger partial charge in [0.1, 0.15) is 5.82 Å². The van der Waals surface area contributed by atoms with Crippen LogP contribution in [0.2, 0.25) is 0 Å². The molecule has 1 heterocycles. The molecule has 3 N–H and O–H groups in total. The first-order valence-electron chi connectivity index (χ1n) is 8.97. The Labute approximate surface area is 164 Å². The molecule has 9 heteroatoms. The fourth-order valence-corrected chi connectivity index (χ4v) is 3.75. The summed E-state index contributed by atoms with van der Waals surface area (Å²) < 4.78 is 35.9. The number of primary sulfonamides is 1. The lowest BCUT2D eigenvalue weighted by molar-refractivity contribution is -0.117. The monoisotopic (exact) mass is 406 g/mol. The summed E-state index contributed by atoms with van der Waals surface area (Å²) in [5.41, 5.74) is 1.35. The zero-order valence-corrected chi connectivity index (χ0v) is 16.2. The number of hydrogen-bond acceptors (Lipinski definition) is 5. The highest BCUT2D eigenvalue weighted by atomic mass is 32.2. The molecular formula is C19H23FN4O3S. The predicted octanol–water partition coefficient (Wildman–Crippen LogP) is 1.62. The van der Waals surface area contributed by atoms with Gasteiger partial charge < -0.3 is 10.2 Å². The number of benzene rings is 2. The molecule has 0 unspecified atom stereocenters. The SMILES string of the molecule is NS(=O)(=O)c1cccc(NC(=O)CN2CCCN(c3ccc(F)cc3)CC2)c1. The van der Waals surface area contributed by atoms with Gasteiger partial charge in [-0.25, -0.2) is 17.9 Å². The van der Waals surface area contributed by atoms with Crippen LogP contribution in [0.3, 0.4) is 0 Å². The minimum Gasteiger partial charge on any atom is -0.370 e. The minimum atomic E-state index is -3.82. The van der Waals surface area contributed by atoms with Crippen molar-refractivity contribution < 1.29 is 17.6 Å². The standard InChI is InChI=1S/C19H23FN4O3S/c20-15-5-7-17(8-6-15)24-10-2-9-23(11-12-24)14-19(25)22-16-3-1-4-18(13-16)28(21,26)27/h1,3-8,13H,2,9-12,14H2,(H,22,25)(H2,21,26,27). The van der Waals surface area contributed by atoms with E-state index < -0.39 is 10.0 Å². The van der Waals surface area contributed by atoms with Crippen molar-refractivity contribution in [3.63, 3.8) is 0 Å². The van der Waals surface area contributed by atoms with E-state index in [2.05, 4.69) is 10.2 Å². The van der Waals surface area contributed by atoms with Crippen LogP contribution in [0.1, 0.15) is 6.42 Å². The van der Waals surface area contributed by atoms with Gasteiger partial charge in [-0.1, -0.05) is 6.07 Å². The Balaban J connectivity index is 1.55. The van der Waals surface area contributed by atoms with Gasteiger partial charge >= 0.3 is 0 Å². The quantitative estimate of drug-likeness (QED) is 0.787. The summed E-state index contributed by atoms with van der Waals surface area (Å²) in [6.07, 6.45) is 0.881. The van der Waals surface area contributed by atoms with Crippen molar-refractivity contribution in [2.24, 2.45) is 5.14 Å². The molecule has 2 aromatic carbocycles. The van der Waals surface area contributed by atoms with E-state index in [1.165, 1.54) is 30.3 Å². The van der Waals surface area contributed by atoms with E-state index >= 15 is 0 Å². The molecule has 0 aliphatic carbocycles. The molecule has 0 radical (unpaired) electrons. The van der Waals surface area contributed by atoms with Crippen LogP contribution in [-0.4, -0.2) is 51.9 Å². The average Bonchev–Trinajstić information content (AvgIpc) is 2.87.